The molecule has 1 atom stereocenters. The van der Waals surface area contributed by atoms with E-state index in [-0.39, 0.29) is 5.91 Å². The maximum atomic E-state index is 10.2. The van der Waals surface area contributed by atoms with E-state index < -0.39 is 0 Å². The van der Waals surface area contributed by atoms with Crippen molar-refractivity contribution in [2.24, 2.45) is 5.73 Å². The lowest BCUT2D eigenvalue weighted by atomic mass is 10.3. The molecule has 1 rings (SSSR count). The predicted octanol–water partition coefficient (Wildman–Crippen LogP) is -0.333. The van der Waals surface area contributed by atoms with Crippen LogP contribution in [0.2, 0.25) is 0 Å². The molecule has 1 unspecified atom stereocenters. The van der Waals surface area contributed by atoms with Gasteiger partial charge in [-0.15, -0.1) is 0 Å². The van der Waals surface area contributed by atoms with Crippen LogP contribution < -0.4 is 5.73 Å². The minimum Gasteiger partial charge on any atom is -0.381 e. The first-order valence-electron chi connectivity index (χ1n) is 3.76. The van der Waals surface area contributed by atoms with Crippen LogP contribution in [0.5, 0.6) is 0 Å². The zero-order valence-corrected chi connectivity index (χ0v) is 6.41. The number of nitrogens with two attached hydrogens (primary N) is 1. The largest absolute Gasteiger partial charge is 0.381 e. The van der Waals surface area contributed by atoms with Gasteiger partial charge in [-0.25, -0.2) is 0 Å². The van der Waals surface area contributed by atoms with Crippen molar-refractivity contribution in [1.29, 1.82) is 0 Å². The molecular weight excluding hydrogens is 146 g/mol. The first kappa shape index (κ1) is 8.49. The average molecular weight is 159 g/mol. The fraction of sp³-hybridized carbons (Fsp3) is 0.857. The highest BCUT2D eigenvalue weighted by Gasteiger charge is 2.21. The molecule has 0 aromatic heterocycles. The van der Waals surface area contributed by atoms with E-state index in [4.69, 9.17) is 15.2 Å². The number of rotatable bonds is 6. The summed E-state index contributed by atoms with van der Waals surface area (Å²) >= 11 is 0. The molecule has 0 spiro atoms. The Bertz CT molecular complexity index is 134. The van der Waals surface area contributed by atoms with Crippen molar-refractivity contribution in [2.75, 3.05) is 19.8 Å². The molecule has 1 fully saturated rings. The third-order valence-corrected chi connectivity index (χ3v) is 1.48. The number of ether oxygens (including phenoxy) is 2. The molecule has 1 saturated heterocycles. The number of hydrogen-bond donors (Lipinski definition) is 1. The first-order valence-corrected chi connectivity index (χ1v) is 3.76. The Kier molecular flexibility index (Phi) is 3.32. The maximum Gasteiger partial charge on any atom is 0.219 e. The van der Waals surface area contributed by atoms with Crippen LogP contribution in [0.3, 0.4) is 0 Å². The SMILES string of the molecule is NC(=O)CCOCCC1CO1. The second kappa shape index (κ2) is 4.31. The standard InChI is InChI=1S/C7H13NO3/c8-7(9)2-4-10-3-1-6-5-11-6/h6H,1-5H2,(H2,8,9). The molecule has 4 nitrogen and oxygen atoms in total. The Morgan fingerprint density at radius 2 is 2.36 bits per heavy atom. The molecule has 0 aliphatic carbocycles. The van der Waals surface area contributed by atoms with Crippen molar-refractivity contribution in [3.05, 3.63) is 0 Å². The van der Waals surface area contributed by atoms with Gasteiger partial charge in [-0.05, 0) is 6.42 Å². The van der Waals surface area contributed by atoms with Crippen LogP contribution in [-0.4, -0.2) is 31.8 Å². The van der Waals surface area contributed by atoms with Crippen LogP contribution >= 0.6 is 0 Å². The lowest BCUT2D eigenvalue weighted by molar-refractivity contribution is -0.119. The monoisotopic (exact) mass is 159 g/mol. The van der Waals surface area contributed by atoms with Crippen molar-refractivity contribution in [3.8, 4) is 0 Å². The number of carbonyl (C=O) groups is 1. The number of epoxide rings is 1. The molecule has 64 valence electrons. The smallest absolute Gasteiger partial charge is 0.219 e. The highest BCUT2D eigenvalue weighted by atomic mass is 16.6. The Labute approximate surface area is 65.7 Å². The summed E-state index contributed by atoms with van der Waals surface area (Å²) < 4.78 is 10.1. The van der Waals surface area contributed by atoms with Gasteiger partial charge in [0.1, 0.15) is 0 Å². The molecule has 11 heavy (non-hydrogen) atoms. The van der Waals surface area contributed by atoms with Gasteiger partial charge in [0.25, 0.3) is 0 Å². The number of amides is 1. The van der Waals surface area contributed by atoms with E-state index in [9.17, 15) is 4.79 Å². The van der Waals surface area contributed by atoms with Gasteiger partial charge in [-0.1, -0.05) is 0 Å². The second-order valence-electron chi connectivity index (χ2n) is 2.57. The van der Waals surface area contributed by atoms with Gasteiger partial charge in [-0.3, -0.25) is 4.79 Å². The molecule has 4 heteroatoms. The fourth-order valence-electron chi connectivity index (χ4n) is 0.724. The Balaban J connectivity index is 1.76. The summed E-state index contributed by atoms with van der Waals surface area (Å²) in [5.74, 6) is -0.312. The summed E-state index contributed by atoms with van der Waals surface area (Å²) in [7, 11) is 0. The summed E-state index contributed by atoms with van der Waals surface area (Å²) in [6.45, 7) is 1.96. The molecular formula is C7H13NO3. The molecule has 1 aliphatic rings. The average Bonchev–Trinajstić information content (AvgIpc) is 2.70. The topological polar surface area (TPSA) is 64.9 Å². The van der Waals surface area contributed by atoms with E-state index in [1.807, 2.05) is 0 Å². The Morgan fingerprint density at radius 3 is 2.91 bits per heavy atom. The van der Waals surface area contributed by atoms with E-state index in [1.165, 1.54) is 0 Å². The molecule has 1 aliphatic heterocycles. The van der Waals surface area contributed by atoms with Crippen molar-refractivity contribution in [1.82, 2.24) is 0 Å². The van der Waals surface area contributed by atoms with Crippen LogP contribution in [0.4, 0.5) is 0 Å². The fourth-order valence-corrected chi connectivity index (χ4v) is 0.724. The Morgan fingerprint density at radius 1 is 1.64 bits per heavy atom. The van der Waals surface area contributed by atoms with Crippen molar-refractivity contribution < 1.29 is 14.3 Å². The number of hydrogen-bond acceptors (Lipinski definition) is 3. The van der Waals surface area contributed by atoms with Crippen molar-refractivity contribution >= 4 is 5.91 Å². The summed E-state index contributed by atoms with van der Waals surface area (Å²) in [5.41, 5.74) is 4.90. The number of primary amides is 1. The minimum absolute atomic E-state index is 0.311. The van der Waals surface area contributed by atoms with Gasteiger partial charge in [-0.2, -0.15) is 0 Å². The van der Waals surface area contributed by atoms with Crippen LogP contribution in [0.1, 0.15) is 12.8 Å². The molecule has 1 heterocycles. The predicted molar refractivity (Wildman–Crippen MR) is 39.0 cm³/mol. The van der Waals surface area contributed by atoms with Gasteiger partial charge in [0, 0.05) is 13.0 Å². The second-order valence-corrected chi connectivity index (χ2v) is 2.57. The van der Waals surface area contributed by atoms with Gasteiger partial charge < -0.3 is 15.2 Å². The lowest BCUT2D eigenvalue weighted by Gasteiger charge is -1.99. The van der Waals surface area contributed by atoms with Crippen LogP contribution in [0.25, 0.3) is 0 Å². The van der Waals surface area contributed by atoms with Gasteiger partial charge >= 0.3 is 0 Å². The van der Waals surface area contributed by atoms with Crippen molar-refractivity contribution in [3.63, 3.8) is 0 Å². The highest BCUT2D eigenvalue weighted by Crippen LogP contribution is 2.12. The Hall–Kier alpha value is -0.610. The first-order chi connectivity index (χ1) is 5.29. The van der Waals surface area contributed by atoms with E-state index in [0.717, 1.165) is 13.0 Å². The zero-order valence-electron chi connectivity index (χ0n) is 6.41. The molecule has 1 amide bonds. The third kappa shape index (κ3) is 4.75. The molecule has 2 N–H and O–H groups in total. The minimum atomic E-state index is -0.312. The molecule has 0 radical (unpaired) electrons. The quantitative estimate of drug-likeness (QED) is 0.426. The maximum absolute atomic E-state index is 10.2. The lowest BCUT2D eigenvalue weighted by Crippen LogP contribution is -2.13. The summed E-state index contributed by atoms with van der Waals surface area (Å²) in [4.78, 5) is 10.2. The molecule has 0 aromatic carbocycles. The van der Waals surface area contributed by atoms with Crippen LogP contribution in [0, 0.1) is 0 Å². The van der Waals surface area contributed by atoms with Gasteiger partial charge in [0.05, 0.1) is 19.3 Å². The van der Waals surface area contributed by atoms with E-state index >= 15 is 0 Å². The highest BCUT2D eigenvalue weighted by molar-refractivity contribution is 5.73. The third-order valence-electron chi connectivity index (χ3n) is 1.48. The van der Waals surface area contributed by atoms with Crippen molar-refractivity contribution in [2.45, 2.75) is 18.9 Å². The van der Waals surface area contributed by atoms with E-state index in [2.05, 4.69) is 0 Å². The molecule has 0 bridgehead atoms. The van der Waals surface area contributed by atoms with Gasteiger partial charge in [0.15, 0.2) is 0 Å². The number of carbonyl (C=O) groups excluding carboxylic acids is 1. The molecule has 0 aromatic rings. The van der Waals surface area contributed by atoms with Crippen LogP contribution in [-0.2, 0) is 14.3 Å². The van der Waals surface area contributed by atoms with E-state index in [1.54, 1.807) is 0 Å². The zero-order chi connectivity index (χ0) is 8.10. The van der Waals surface area contributed by atoms with Gasteiger partial charge in [0.2, 0.25) is 5.91 Å². The summed E-state index contributed by atoms with van der Waals surface area (Å²) in [6.07, 6.45) is 1.65. The van der Waals surface area contributed by atoms with Crippen LogP contribution in [0.15, 0.2) is 0 Å². The normalized spacial score (nSPS) is 21.6. The molecule has 0 saturated carbocycles. The summed E-state index contributed by atoms with van der Waals surface area (Å²) in [5, 5.41) is 0. The van der Waals surface area contributed by atoms with E-state index in [0.29, 0.717) is 25.7 Å². The summed E-state index contributed by atoms with van der Waals surface area (Å²) in [6, 6.07) is 0.